The molecule has 1 fully saturated rings. The van der Waals surface area contributed by atoms with Crippen LogP contribution >= 0.6 is 0 Å². The first kappa shape index (κ1) is 17.7. The fourth-order valence-electron chi connectivity index (χ4n) is 3.95. The maximum absolute atomic E-state index is 12.9. The number of aryl methyl sites for hydroxylation is 1. The lowest BCUT2D eigenvalue weighted by Gasteiger charge is -2.34. The lowest BCUT2D eigenvalue weighted by Crippen LogP contribution is -2.31. The van der Waals surface area contributed by atoms with Crippen LogP contribution in [-0.4, -0.2) is 43.5 Å². The Labute approximate surface area is 195 Å². The van der Waals surface area contributed by atoms with Gasteiger partial charge in [0.1, 0.15) is 17.3 Å². The average Bonchev–Trinajstić information content (AvgIpc) is 3.58. The number of hydrogen-bond acceptors (Lipinski definition) is 8. The second kappa shape index (κ2) is 7.95. The van der Waals surface area contributed by atoms with E-state index in [1.54, 1.807) is 10.9 Å². The Morgan fingerprint density at radius 1 is 1.30 bits per heavy atom. The van der Waals surface area contributed by atoms with Gasteiger partial charge in [0.15, 0.2) is 17.4 Å². The second-order valence-electron chi connectivity index (χ2n) is 8.35. The van der Waals surface area contributed by atoms with Crippen molar-refractivity contribution in [2.45, 2.75) is 46.0 Å². The molecule has 0 bridgehead atoms. The van der Waals surface area contributed by atoms with Crippen molar-refractivity contribution in [1.82, 2.24) is 24.7 Å². The molecule has 1 amide bonds. The summed E-state index contributed by atoms with van der Waals surface area (Å²) in [4.78, 5) is 40.5. The Balaban J connectivity index is 1.56. The maximum Gasteiger partial charge on any atom is 0.228 e. The molecule has 5 rings (SSSR count). The molecule has 0 unspecified atom stereocenters. The maximum atomic E-state index is 12.9. The van der Waals surface area contributed by atoms with Crippen molar-refractivity contribution < 1.29 is 13.7 Å². The van der Waals surface area contributed by atoms with Crippen molar-refractivity contribution in [3.63, 3.8) is 0 Å². The van der Waals surface area contributed by atoms with E-state index in [0.29, 0.717) is 17.3 Å². The molecule has 10 heteroatoms. The number of carbonyl (C=O) groups excluding carboxylic acids is 2. The minimum absolute atomic E-state index is 0.0293. The van der Waals surface area contributed by atoms with Crippen LogP contribution in [0.4, 0.5) is 23.0 Å². The van der Waals surface area contributed by atoms with Crippen LogP contribution in [0.3, 0.4) is 0 Å². The van der Waals surface area contributed by atoms with E-state index in [9.17, 15) is 9.59 Å². The fraction of sp³-hybridized carbons (Fsp3) is 0.391. The van der Waals surface area contributed by atoms with Gasteiger partial charge in [-0.25, -0.2) is 19.6 Å². The molecule has 0 spiro atoms. The number of hydrogen-bond donors (Lipinski definition) is 2. The number of aromatic nitrogens is 5. The molecule has 1 atom stereocenters. The Hall–Kier alpha value is -3.82. The number of rotatable bonds is 6. The molecule has 0 radical (unpaired) electrons. The minimum Gasteiger partial charge on any atom is -0.360 e. The molecule has 2 N–H and O–H groups in total. The summed E-state index contributed by atoms with van der Waals surface area (Å²) in [5.41, 5.74) is 1.89. The largest absolute Gasteiger partial charge is 0.360 e. The third kappa shape index (κ3) is 3.71. The van der Waals surface area contributed by atoms with E-state index in [4.69, 9.17) is 4.11 Å². The van der Waals surface area contributed by atoms with Crippen LogP contribution in [0.5, 0.6) is 0 Å². The number of pyridine rings is 2. The van der Waals surface area contributed by atoms with Crippen molar-refractivity contribution in [1.29, 1.82) is 0 Å². The molecule has 33 heavy (non-hydrogen) atoms. The number of nitrogens with one attached hydrogen (secondary N) is 2. The van der Waals surface area contributed by atoms with Gasteiger partial charge in [0.05, 0.1) is 23.0 Å². The molecule has 1 saturated carbocycles. The summed E-state index contributed by atoms with van der Waals surface area (Å²) in [6, 6.07) is 3.26. The van der Waals surface area contributed by atoms with E-state index < -0.39 is 19.1 Å². The molecule has 2 aliphatic rings. The standard InChI is InChI=1S/C23H26N8O2/c1-5-18(32)15-11-25-19(28-23(33)14-6-7-14)10-16(15)27-21-20-17(8-9-24-21)31-22(12(2)30(20)4)26-13(3)29-31/h8-12,14H,5-7H2,1-4H3,(H2,24,25,27,28,33)/t12-/m0/s1/i1D3. The molecule has 170 valence electrons. The van der Waals surface area contributed by atoms with Gasteiger partial charge in [-0.3, -0.25) is 9.59 Å². The van der Waals surface area contributed by atoms with Gasteiger partial charge in [-0.2, -0.15) is 5.10 Å². The number of Topliss-reactive ketones (excluding diaryl/α,β-unsaturated/α-hetero) is 1. The molecule has 0 aromatic carbocycles. The highest BCUT2D eigenvalue weighted by molar-refractivity contribution is 6.03. The smallest absolute Gasteiger partial charge is 0.228 e. The first-order chi connectivity index (χ1) is 17.0. The zero-order valence-electron chi connectivity index (χ0n) is 21.6. The Kier molecular flexibility index (Phi) is 4.26. The summed E-state index contributed by atoms with van der Waals surface area (Å²) >= 11 is 0. The molecule has 0 saturated heterocycles. The predicted octanol–water partition coefficient (Wildman–Crippen LogP) is 3.56. The summed E-state index contributed by atoms with van der Waals surface area (Å²) in [6.07, 6.45) is 3.93. The minimum atomic E-state index is -2.44. The van der Waals surface area contributed by atoms with Gasteiger partial charge in [-0.1, -0.05) is 6.85 Å². The lowest BCUT2D eigenvalue weighted by molar-refractivity contribution is -0.117. The third-order valence-corrected chi connectivity index (χ3v) is 5.99. The number of ketones is 1. The molecule has 10 nitrogen and oxygen atoms in total. The van der Waals surface area contributed by atoms with Crippen LogP contribution in [-0.2, 0) is 4.79 Å². The summed E-state index contributed by atoms with van der Waals surface area (Å²) in [5.74, 6) is 1.39. The summed E-state index contributed by atoms with van der Waals surface area (Å²) in [6.45, 7) is 1.40. The van der Waals surface area contributed by atoms with Crippen molar-refractivity contribution in [2.75, 3.05) is 22.6 Å². The molecule has 4 heterocycles. The molecular formula is C23H26N8O2. The molecule has 1 aliphatic heterocycles. The number of amides is 1. The topological polar surface area (TPSA) is 118 Å². The number of nitrogens with zero attached hydrogens (tertiary/aromatic N) is 6. The zero-order valence-corrected chi connectivity index (χ0v) is 18.6. The first-order valence-corrected chi connectivity index (χ1v) is 10.8. The van der Waals surface area contributed by atoms with Crippen LogP contribution in [0.1, 0.15) is 65.2 Å². The molecule has 1 aliphatic carbocycles. The van der Waals surface area contributed by atoms with Crippen LogP contribution in [0, 0.1) is 12.8 Å². The molecular weight excluding hydrogens is 420 g/mol. The number of anilines is 4. The Morgan fingerprint density at radius 2 is 2.12 bits per heavy atom. The van der Waals surface area contributed by atoms with Crippen LogP contribution < -0.4 is 15.5 Å². The predicted molar refractivity (Wildman–Crippen MR) is 124 cm³/mol. The number of carbonyl (C=O) groups is 2. The zero-order chi connectivity index (χ0) is 25.8. The average molecular weight is 450 g/mol. The van der Waals surface area contributed by atoms with E-state index in [1.807, 2.05) is 31.9 Å². The highest BCUT2D eigenvalue weighted by Crippen LogP contribution is 2.41. The van der Waals surface area contributed by atoms with Crippen molar-refractivity contribution in [3.05, 3.63) is 41.7 Å². The first-order valence-electron chi connectivity index (χ1n) is 12.3. The van der Waals surface area contributed by atoms with Gasteiger partial charge in [0.25, 0.3) is 0 Å². The van der Waals surface area contributed by atoms with Crippen molar-refractivity contribution in [3.8, 4) is 5.69 Å². The Bertz CT molecular complexity index is 1370. The molecule has 3 aromatic heterocycles. The van der Waals surface area contributed by atoms with E-state index in [2.05, 4.69) is 30.7 Å². The van der Waals surface area contributed by atoms with Gasteiger partial charge in [-0.15, -0.1) is 0 Å². The Morgan fingerprint density at radius 3 is 2.88 bits per heavy atom. The van der Waals surface area contributed by atoms with Gasteiger partial charge in [0.2, 0.25) is 5.91 Å². The van der Waals surface area contributed by atoms with Gasteiger partial charge in [0, 0.05) is 42.0 Å². The van der Waals surface area contributed by atoms with E-state index >= 15 is 0 Å². The monoisotopic (exact) mass is 449 g/mol. The van der Waals surface area contributed by atoms with Crippen LogP contribution in [0.25, 0.3) is 5.69 Å². The summed E-state index contributed by atoms with van der Waals surface area (Å²) in [7, 11) is 1.92. The van der Waals surface area contributed by atoms with Gasteiger partial charge in [-0.05, 0) is 32.8 Å². The summed E-state index contributed by atoms with van der Waals surface area (Å²) < 4.78 is 24.3. The van der Waals surface area contributed by atoms with E-state index in [1.165, 1.54) is 12.3 Å². The molecule has 3 aromatic rings. The van der Waals surface area contributed by atoms with Crippen LogP contribution in [0.15, 0.2) is 24.5 Å². The third-order valence-electron chi connectivity index (χ3n) is 5.99. The number of fused-ring (bicyclic) bond motifs is 3. The van der Waals surface area contributed by atoms with E-state index in [0.717, 1.165) is 30.0 Å². The second-order valence-corrected chi connectivity index (χ2v) is 8.35. The quantitative estimate of drug-likeness (QED) is 0.549. The fourth-order valence-corrected chi connectivity index (χ4v) is 3.95. The highest BCUT2D eigenvalue weighted by atomic mass is 16.2. The van der Waals surface area contributed by atoms with Gasteiger partial charge >= 0.3 is 0 Å². The van der Waals surface area contributed by atoms with Gasteiger partial charge < -0.3 is 15.5 Å². The van der Waals surface area contributed by atoms with E-state index in [-0.39, 0.29) is 29.2 Å². The van der Waals surface area contributed by atoms with Crippen molar-refractivity contribution >= 4 is 34.7 Å². The lowest BCUT2D eigenvalue weighted by atomic mass is 10.1. The normalized spacial score (nSPS) is 18.5. The summed E-state index contributed by atoms with van der Waals surface area (Å²) in [5, 5.41) is 10.5. The van der Waals surface area contributed by atoms with Crippen molar-refractivity contribution in [2.24, 2.45) is 5.92 Å². The highest BCUT2D eigenvalue weighted by Gasteiger charge is 2.32. The van der Waals surface area contributed by atoms with Crippen LogP contribution in [0.2, 0.25) is 0 Å². The SMILES string of the molecule is [2H]C([2H])([2H])CC(=O)c1cnc(NC(=O)C2CC2)cc1Nc1nccc2c1N(C)[C@@H](C)c1nc(C)nn1-2.